The Kier molecular flexibility index (Phi) is 6.39. The van der Waals surface area contributed by atoms with E-state index in [1.807, 2.05) is 6.07 Å². The molecule has 0 bridgehead atoms. The van der Waals surface area contributed by atoms with E-state index in [-0.39, 0.29) is 23.6 Å². The highest BCUT2D eigenvalue weighted by atomic mass is 19.1. The van der Waals surface area contributed by atoms with E-state index in [1.54, 1.807) is 49.7 Å². The largest absolute Gasteiger partial charge is 0.355 e. The molecule has 32 heavy (non-hydrogen) atoms. The zero-order valence-electron chi connectivity index (χ0n) is 18.6. The van der Waals surface area contributed by atoms with Gasteiger partial charge in [0, 0.05) is 64.7 Å². The van der Waals surface area contributed by atoms with Crippen molar-refractivity contribution >= 4 is 11.7 Å². The number of halogens is 1. The summed E-state index contributed by atoms with van der Waals surface area (Å²) in [5.74, 6) is 1.56. The number of benzene rings is 1. The molecule has 1 aliphatic heterocycles. The number of carbonyl (C=O) groups is 1. The lowest BCUT2D eigenvalue weighted by atomic mass is 9.97. The van der Waals surface area contributed by atoms with Gasteiger partial charge in [0.2, 0.25) is 5.91 Å². The minimum absolute atomic E-state index is 0.00926. The van der Waals surface area contributed by atoms with Crippen LogP contribution in [0.1, 0.15) is 35.6 Å². The first-order valence-corrected chi connectivity index (χ1v) is 10.7. The molecule has 1 saturated heterocycles. The predicted molar refractivity (Wildman–Crippen MR) is 120 cm³/mol. The number of aromatic nitrogens is 4. The Morgan fingerprint density at radius 3 is 2.56 bits per heavy atom. The smallest absolute Gasteiger partial charge is 0.228 e. The molecule has 1 aromatic carbocycles. The highest BCUT2D eigenvalue weighted by Gasteiger charge is 2.34. The van der Waals surface area contributed by atoms with E-state index in [9.17, 15) is 9.18 Å². The Bertz CT molecular complexity index is 1070. The SMILES string of the molecule is C[C@H](Cc1nc(Cc2cnccn2)cc(N2CC(C(=O)N(C)C)C2)n1)c1ccc(F)cc1. The summed E-state index contributed by atoms with van der Waals surface area (Å²) < 4.78 is 13.3. The molecular weight excluding hydrogens is 407 g/mol. The van der Waals surface area contributed by atoms with Crippen molar-refractivity contribution in [2.75, 3.05) is 32.1 Å². The molecule has 3 aromatic rings. The zero-order valence-corrected chi connectivity index (χ0v) is 18.6. The second kappa shape index (κ2) is 9.38. The zero-order chi connectivity index (χ0) is 22.7. The van der Waals surface area contributed by atoms with E-state index in [0.29, 0.717) is 25.9 Å². The van der Waals surface area contributed by atoms with Gasteiger partial charge in [-0.3, -0.25) is 14.8 Å². The average Bonchev–Trinajstić information content (AvgIpc) is 2.73. The molecule has 1 aliphatic rings. The van der Waals surface area contributed by atoms with Gasteiger partial charge >= 0.3 is 0 Å². The lowest BCUT2D eigenvalue weighted by molar-refractivity contribution is -0.133. The van der Waals surface area contributed by atoms with Crippen molar-refractivity contribution in [3.8, 4) is 0 Å². The van der Waals surface area contributed by atoms with E-state index >= 15 is 0 Å². The summed E-state index contributed by atoms with van der Waals surface area (Å²) in [6.07, 6.45) is 6.22. The topological polar surface area (TPSA) is 75.1 Å². The molecule has 166 valence electrons. The lowest BCUT2D eigenvalue weighted by Crippen LogP contribution is -2.53. The van der Waals surface area contributed by atoms with Crippen molar-refractivity contribution in [3.63, 3.8) is 0 Å². The summed E-state index contributed by atoms with van der Waals surface area (Å²) in [7, 11) is 3.56. The standard InChI is InChI=1S/C24H27FN6O/c1-16(17-4-6-19(25)7-5-17)10-22-28-20(11-21-13-26-8-9-27-21)12-23(29-22)31-14-18(15-31)24(32)30(2)3/h4-9,12-13,16,18H,10-11,14-15H2,1-3H3/t16-/m1/s1. The van der Waals surface area contributed by atoms with Crippen LogP contribution in [0.15, 0.2) is 48.9 Å². The Morgan fingerprint density at radius 2 is 1.91 bits per heavy atom. The highest BCUT2D eigenvalue weighted by Crippen LogP contribution is 2.27. The number of anilines is 1. The second-order valence-corrected chi connectivity index (χ2v) is 8.50. The van der Waals surface area contributed by atoms with Crippen molar-refractivity contribution in [1.29, 1.82) is 0 Å². The third-order valence-electron chi connectivity index (χ3n) is 5.71. The summed E-state index contributed by atoms with van der Waals surface area (Å²) >= 11 is 0. The molecule has 0 saturated carbocycles. The first-order chi connectivity index (χ1) is 15.4. The summed E-state index contributed by atoms with van der Waals surface area (Å²) in [4.78, 5) is 34.1. The molecule has 1 amide bonds. The number of amides is 1. The fourth-order valence-electron chi connectivity index (χ4n) is 3.86. The maximum atomic E-state index is 13.3. The third-order valence-corrected chi connectivity index (χ3v) is 5.71. The van der Waals surface area contributed by atoms with Crippen LogP contribution in [-0.2, 0) is 17.6 Å². The molecule has 1 fully saturated rings. The Balaban J connectivity index is 1.56. The number of hydrogen-bond donors (Lipinski definition) is 0. The number of hydrogen-bond acceptors (Lipinski definition) is 6. The molecular formula is C24H27FN6O. The predicted octanol–water partition coefficient (Wildman–Crippen LogP) is 2.87. The van der Waals surface area contributed by atoms with Crippen LogP contribution in [0.2, 0.25) is 0 Å². The molecule has 1 atom stereocenters. The molecule has 7 nitrogen and oxygen atoms in total. The monoisotopic (exact) mass is 434 g/mol. The van der Waals surface area contributed by atoms with Crippen molar-refractivity contribution in [3.05, 3.63) is 77.5 Å². The van der Waals surface area contributed by atoms with Gasteiger partial charge in [0.1, 0.15) is 17.5 Å². The maximum absolute atomic E-state index is 13.3. The van der Waals surface area contributed by atoms with Crippen LogP contribution in [0, 0.1) is 11.7 Å². The quantitative estimate of drug-likeness (QED) is 0.569. The van der Waals surface area contributed by atoms with Crippen molar-refractivity contribution in [1.82, 2.24) is 24.8 Å². The molecule has 0 spiro atoms. The van der Waals surface area contributed by atoms with Gasteiger partial charge in [-0.05, 0) is 23.6 Å². The van der Waals surface area contributed by atoms with E-state index in [4.69, 9.17) is 9.97 Å². The Hall–Kier alpha value is -3.42. The highest BCUT2D eigenvalue weighted by molar-refractivity contribution is 5.81. The first-order valence-electron chi connectivity index (χ1n) is 10.7. The number of nitrogens with zero attached hydrogens (tertiary/aromatic N) is 6. The lowest BCUT2D eigenvalue weighted by Gasteiger charge is -2.40. The summed E-state index contributed by atoms with van der Waals surface area (Å²) in [6, 6.07) is 8.53. The molecule has 0 radical (unpaired) electrons. The van der Waals surface area contributed by atoms with Crippen LogP contribution < -0.4 is 4.90 Å². The molecule has 0 N–H and O–H groups in total. The minimum atomic E-state index is -0.245. The van der Waals surface area contributed by atoms with Gasteiger partial charge in [-0.1, -0.05) is 19.1 Å². The summed E-state index contributed by atoms with van der Waals surface area (Å²) in [5, 5.41) is 0. The molecule has 0 aliphatic carbocycles. The Labute approximate surface area is 187 Å². The summed E-state index contributed by atoms with van der Waals surface area (Å²) in [5.41, 5.74) is 2.73. The van der Waals surface area contributed by atoms with Crippen LogP contribution in [0.25, 0.3) is 0 Å². The van der Waals surface area contributed by atoms with Crippen LogP contribution in [0.5, 0.6) is 0 Å². The minimum Gasteiger partial charge on any atom is -0.355 e. The summed E-state index contributed by atoms with van der Waals surface area (Å²) in [6.45, 7) is 3.37. The van der Waals surface area contributed by atoms with Crippen molar-refractivity contribution in [2.45, 2.75) is 25.7 Å². The van der Waals surface area contributed by atoms with Crippen LogP contribution in [0.4, 0.5) is 10.2 Å². The van der Waals surface area contributed by atoms with Gasteiger partial charge in [0.05, 0.1) is 17.3 Å². The van der Waals surface area contributed by atoms with Gasteiger partial charge < -0.3 is 9.80 Å². The van der Waals surface area contributed by atoms with Gasteiger partial charge in [0.15, 0.2) is 0 Å². The van der Waals surface area contributed by atoms with Crippen molar-refractivity contribution in [2.24, 2.45) is 5.92 Å². The van der Waals surface area contributed by atoms with Gasteiger partial charge in [-0.15, -0.1) is 0 Å². The molecule has 8 heteroatoms. The average molecular weight is 435 g/mol. The maximum Gasteiger partial charge on any atom is 0.228 e. The Morgan fingerprint density at radius 1 is 1.16 bits per heavy atom. The van der Waals surface area contributed by atoms with E-state index < -0.39 is 0 Å². The fraction of sp³-hybridized carbons (Fsp3) is 0.375. The van der Waals surface area contributed by atoms with E-state index in [2.05, 4.69) is 21.8 Å². The second-order valence-electron chi connectivity index (χ2n) is 8.50. The van der Waals surface area contributed by atoms with Crippen molar-refractivity contribution < 1.29 is 9.18 Å². The molecule has 4 rings (SSSR count). The molecule has 2 aromatic heterocycles. The van der Waals surface area contributed by atoms with Gasteiger partial charge in [-0.2, -0.15) is 0 Å². The van der Waals surface area contributed by atoms with Gasteiger partial charge in [-0.25, -0.2) is 14.4 Å². The van der Waals surface area contributed by atoms with Gasteiger partial charge in [0.25, 0.3) is 0 Å². The number of carbonyl (C=O) groups excluding carboxylic acids is 1. The third kappa shape index (κ3) is 5.07. The number of rotatable bonds is 7. The first kappa shape index (κ1) is 21.8. The van der Waals surface area contributed by atoms with Crippen LogP contribution in [-0.4, -0.2) is 57.9 Å². The van der Waals surface area contributed by atoms with Crippen LogP contribution in [0.3, 0.4) is 0 Å². The normalized spacial score (nSPS) is 14.7. The molecule has 0 unspecified atom stereocenters. The van der Waals surface area contributed by atoms with Crippen LogP contribution >= 0.6 is 0 Å². The fourth-order valence-corrected chi connectivity index (χ4v) is 3.86. The van der Waals surface area contributed by atoms with E-state index in [0.717, 1.165) is 28.6 Å². The van der Waals surface area contributed by atoms with E-state index in [1.165, 1.54) is 12.1 Å². The molecule has 3 heterocycles.